The number of carbonyl (C=O) groups is 1. The van der Waals surface area contributed by atoms with Crippen molar-refractivity contribution in [3.8, 4) is 0 Å². The molecule has 0 aromatic rings. The second-order valence-corrected chi connectivity index (χ2v) is 22.9. The van der Waals surface area contributed by atoms with Gasteiger partial charge in [0, 0.05) is 0 Å². The van der Waals surface area contributed by atoms with Crippen LogP contribution in [-0.4, -0.2) is 114 Å². The van der Waals surface area contributed by atoms with E-state index in [1.54, 1.807) is 0 Å². The molecule has 12 heteroatoms. The maximum absolute atomic E-state index is 11.7. The Kier molecular flexibility index (Phi) is 17.4. The van der Waals surface area contributed by atoms with Crippen LogP contribution in [-0.2, 0) is 33.2 Å². The van der Waals surface area contributed by atoms with Crippen LogP contribution < -0.4 is 0 Å². The molecule has 1 saturated heterocycles. The van der Waals surface area contributed by atoms with Crippen LogP contribution in [0.5, 0.6) is 0 Å². The molecule has 0 bridgehead atoms. The normalized spacial score (nSPS) is 20.5. The van der Waals surface area contributed by atoms with Crippen molar-refractivity contribution in [2.45, 2.75) is 11.7 Å². The van der Waals surface area contributed by atoms with Crippen LogP contribution in [0, 0.1) is 0 Å². The third-order valence-corrected chi connectivity index (χ3v) is 8.53. The van der Waals surface area contributed by atoms with Gasteiger partial charge in [0.25, 0.3) is 0 Å². The van der Waals surface area contributed by atoms with E-state index in [1.165, 1.54) is 0 Å². The summed E-state index contributed by atoms with van der Waals surface area (Å²) in [4.78, 5) is 13.9. The molecule has 0 aromatic heterocycles. The molecule has 0 spiro atoms. The Morgan fingerprint density at radius 2 is 1.17 bits per heavy atom. The zero-order valence-corrected chi connectivity index (χ0v) is 21.1. The molecule has 0 amide bonds. The molecule has 29 heavy (non-hydrogen) atoms. The van der Waals surface area contributed by atoms with E-state index in [1.807, 2.05) is 0 Å². The Bertz CT molecular complexity index is 401. The number of ether oxygens (including phenoxy) is 6. The van der Waals surface area contributed by atoms with Crippen molar-refractivity contribution in [1.82, 2.24) is 4.90 Å². The summed E-state index contributed by atoms with van der Waals surface area (Å²) in [5.41, 5.74) is 0. The number of hydrogen-bond donors (Lipinski definition) is 0. The van der Waals surface area contributed by atoms with Gasteiger partial charge in [0.2, 0.25) is 0 Å². The third kappa shape index (κ3) is 19.1. The van der Waals surface area contributed by atoms with Gasteiger partial charge in [-0.1, -0.05) is 0 Å². The zero-order valence-electron chi connectivity index (χ0n) is 16.8. The van der Waals surface area contributed by atoms with E-state index >= 15 is 0 Å². The van der Waals surface area contributed by atoms with E-state index in [0.717, 1.165) is 0 Å². The van der Waals surface area contributed by atoms with E-state index in [4.69, 9.17) is 58.5 Å². The van der Waals surface area contributed by atoms with Gasteiger partial charge in [-0.3, -0.25) is 0 Å². The Hall–Kier alpha value is 0.643. The zero-order chi connectivity index (χ0) is 21.2. The van der Waals surface area contributed by atoms with Crippen molar-refractivity contribution in [2.24, 2.45) is 0 Å². The summed E-state index contributed by atoms with van der Waals surface area (Å²) in [7, 11) is 14.2. The Morgan fingerprint density at radius 1 is 0.759 bits per heavy atom. The predicted octanol–water partition coefficient (Wildman–Crippen LogP) is 1.97. The van der Waals surface area contributed by atoms with Crippen LogP contribution in [0.4, 0.5) is 0 Å². The fourth-order valence-corrected chi connectivity index (χ4v) is 4.80. The second-order valence-electron chi connectivity index (χ2n) is 6.24. The fourth-order valence-electron chi connectivity index (χ4n) is 2.31. The molecule has 0 radical (unpaired) electrons. The van der Waals surface area contributed by atoms with Gasteiger partial charge < -0.3 is 14.2 Å². The van der Waals surface area contributed by atoms with Gasteiger partial charge in [0.1, 0.15) is 0 Å². The van der Waals surface area contributed by atoms with Crippen LogP contribution in [0.15, 0.2) is 0 Å². The van der Waals surface area contributed by atoms with Gasteiger partial charge in [-0.2, -0.15) is 0 Å². The standard InChI is InChI=1S/C17H32Cl3GeNO7/c18-21(19,20)2-1-17(23)29-8-5-22-3-6-24-9-11-26-13-15-28-16-14-27-12-10-25-7-4-22/h1-16H2. The molecule has 1 aliphatic heterocycles. The van der Waals surface area contributed by atoms with Gasteiger partial charge in [0.05, 0.1) is 26.4 Å². The first-order valence-electron chi connectivity index (χ1n) is 9.81. The average Bonchev–Trinajstić information content (AvgIpc) is 2.67. The van der Waals surface area contributed by atoms with Gasteiger partial charge >= 0.3 is 148 Å². The first-order chi connectivity index (χ1) is 14.0. The molecule has 0 aliphatic carbocycles. The first-order valence-corrected chi connectivity index (χ1v) is 19.6. The van der Waals surface area contributed by atoms with Crippen LogP contribution in [0.1, 0.15) is 6.42 Å². The molecular formula is C17H32Cl3GeNO7. The van der Waals surface area contributed by atoms with Gasteiger partial charge in [0.15, 0.2) is 0 Å². The van der Waals surface area contributed by atoms with Crippen LogP contribution in [0.2, 0.25) is 5.25 Å². The number of esters is 1. The number of nitrogens with zero attached hydrogens (tertiary/aromatic N) is 1. The molecule has 0 N–H and O–H groups in total. The molecule has 1 heterocycles. The molecule has 0 aromatic carbocycles. The summed E-state index contributed by atoms with van der Waals surface area (Å²) >= 11 is 0. The summed E-state index contributed by atoms with van der Waals surface area (Å²) < 4.78 is 32.7. The van der Waals surface area contributed by atoms with Crippen LogP contribution in [0.3, 0.4) is 0 Å². The molecule has 1 fully saturated rings. The van der Waals surface area contributed by atoms with Crippen molar-refractivity contribution in [3.63, 3.8) is 0 Å². The summed E-state index contributed by atoms with van der Waals surface area (Å²) in [5, 5.41) is 0.311. The number of carbonyl (C=O) groups excluding carboxylic acids is 1. The van der Waals surface area contributed by atoms with Crippen molar-refractivity contribution >= 4 is 46.5 Å². The molecule has 8 nitrogen and oxygen atoms in total. The average molecular weight is 541 g/mol. The van der Waals surface area contributed by atoms with Crippen molar-refractivity contribution < 1.29 is 33.2 Å². The molecular weight excluding hydrogens is 509 g/mol. The molecule has 1 aliphatic rings. The maximum atomic E-state index is 11.7. The van der Waals surface area contributed by atoms with Crippen molar-refractivity contribution in [2.75, 3.05) is 92.3 Å². The van der Waals surface area contributed by atoms with Crippen molar-refractivity contribution in [1.29, 1.82) is 0 Å². The summed E-state index contributed by atoms with van der Waals surface area (Å²) in [5.74, 6) is -0.339. The number of rotatable bonds is 6. The van der Waals surface area contributed by atoms with E-state index in [-0.39, 0.29) is 19.0 Å². The quantitative estimate of drug-likeness (QED) is 0.374. The minimum absolute atomic E-state index is 0.147. The molecule has 0 atom stereocenters. The Labute approximate surface area is 188 Å². The monoisotopic (exact) mass is 541 g/mol. The molecule has 0 unspecified atom stereocenters. The fraction of sp³-hybridized carbons (Fsp3) is 0.941. The molecule has 172 valence electrons. The van der Waals surface area contributed by atoms with Gasteiger partial charge in [-0.05, 0) is 0 Å². The van der Waals surface area contributed by atoms with E-state index in [9.17, 15) is 4.79 Å². The van der Waals surface area contributed by atoms with Gasteiger partial charge in [-0.15, -0.1) is 0 Å². The summed E-state index contributed by atoms with van der Waals surface area (Å²) in [6.45, 7) is 7.59. The van der Waals surface area contributed by atoms with Gasteiger partial charge in [-0.25, -0.2) is 0 Å². The number of hydrogen-bond acceptors (Lipinski definition) is 8. The minimum atomic E-state index is -3.27. The van der Waals surface area contributed by atoms with E-state index in [2.05, 4.69) is 4.90 Å². The van der Waals surface area contributed by atoms with Crippen LogP contribution in [0.25, 0.3) is 0 Å². The van der Waals surface area contributed by atoms with Crippen molar-refractivity contribution in [3.05, 3.63) is 0 Å². The summed E-state index contributed by atoms with van der Waals surface area (Å²) in [6.07, 6.45) is 0.147. The summed E-state index contributed by atoms with van der Waals surface area (Å²) in [6, 6.07) is 0. The van der Waals surface area contributed by atoms with E-state index < -0.39 is 10.5 Å². The van der Waals surface area contributed by atoms with E-state index in [0.29, 0.717) is 91.0 Å². The second kappa shape index (κ2) is 18.2. The molecule has 1 rings (SSSR count). The number of halogens is 3. The first kappa shape index (κ1) is 27.7. The topological polar surface area (TPSA) is 75.7 Å². The van der Waals surface area contributed by atoms with Crippen LogP contribution >= 0.6 is 30.0 Å². The Balaban J connectivity index is 2.27. The third-order valence-electron chi connectivity index (χ3n) is 3.87. The Morgan fingerprint density at radius 3 is 1.59 bits per heavy atom. The molecule has 0 saturated carbocycles. The predicted molar refractivity (Wildman–Crippen MR) is 114 cm³/mol. The SMILES string of the molecule is O=C(C[CH2][Ge]([Cl])([Cl])[Cl])OCCN1CCOCCOCCOCCOCCOCC1.